The van der Waals surface area contributed by atoms with Crippen LogP contribution in [0.15, 0.2) is 0 Å². The number of amides is 2. The number of hydrogen-bond donors (Lipinski definition) is 0. The third-order valence-corrected chi connectivity index (χ3v) is 5.19. The summed E-state index contributed by atoms with van der Waals surface area (Å²) in [5, 5.41) is 0. The van der Waals surface area contributed by atoms with Crippen molar-refractivity contribution in [1.29, 1.82) is 0 Å². The molecule has 23 heavy (non-hydrogen) atoms. The molecule has 0 unspecified atom stereocenters. The molecule has 5 heteroatoms. The zero-order valence-electron chi connectivity index (χ0n) is 14.8. The molecular formula is C18H32N2O3. The van der Waals surface area contributed by atoms with Gasteiger partial charge in [0.05, 0.1) is 0 Å². The highest BCUT2D eigenvalue weighted by Gasteiger charge is 2.21. The smallest absolute Gasteiger partial charge is 0.248 e. The first-order chi connectivity index (χ1) is 11.1. The normalized spacial score (nSPS) is 26.5. The summed E-state index contributed by atoms with van der Waals surface area (Å²) < 4.78 is 5.42. The van der Waals surface area contributed by atoms with Crippen LogP contribution < -0.4 is 0 Å². The predicted octanol–water partition coefficient (Wildman–Crippen LogP) is 2.30. The Morgan fingerprint density at radius 2 is 1.22 bits per heavy atom. The van der Waals surface area contributed by atoms with E-state index in [1.54, 1.807) is 0 Å². The van der Waals surface area contributed by atoms with Gasteiger partial charge in [-0.05, 0) is 50.4 Å². The lowest BCUT2D eigenvalue weighted by Crippen LogP contribution is -2.38. The minimum atomic E-state index is 0.0244. The van der Waals surface area contributed by atoms with E-state index in [0.29, 0.717) is 11.8 Å². The minimum Gasteiger partial charge on any atom is -0.362 e. The molecule has 0 radical (unpaired) electrons. The first-order valence-corrected chi connectivity index (χ1v) is 9.19. The van der Waals surface area contributed by atoms with E-state index >= 15 is 0 Å². The second kappa shape index (κ2) is 9.26. The number of nitrogens with zero attached hydrogens (tertiary/aromatic N) is 2. The molecule has 2 atom stereocenters. The number of hydrogen-bond acceptors (Lipinski definition) is 3. The van der Waals surface area contributed by atoms with Gasteiger partial charge in [0.2, 0.25) is 11.8 Å². The van der Waals surface area contributed by atoms with E-state index < -0.39 is 0 Å². The molecule has 2 rings (SSSR count). The number of likely N-dealkylation sites (tertiary alicyclic amines) is 2. The molecule has 0 spiro atoms. The predicted molar refractivity (Wildman–Crippen MR) is 90.0 cm³/mol. The zero-order valence-corrected chi connectivity index (χ0v) is 14.8. The SMILES string of the molecule is C[C@@H]1CCCN(C(=O)COCC(=O)N2CCC[C@H](C)CC2)CC1. The molecule has 2 heterocycles. The fourth-order valence-corrected chi connectivity index (χ4v) is 3.43. The molecule has 0 aromatic carbocycles. The second-order valence-corrected chi connectivity index (χ2v) is 7.33. The van der Waals surface area contributed by atoms with Crippen LogP contribution in [0, 0.1) is 11.8 Å². The molecule has 0 N–H and O–H groups in total. The van der Waals surface area contributed by atoms with Gasteiger partial charge in [-0.25, -0.2) is 0 Å². The molecule has 0 bridgehead atoms. The lowest BCUT2D eigenvalue weighted by Gasteiger charge is -2.22. The van der Waals surface area contributed by atoms with E-state index in [1.165, 1.54) is 12.8 Å². The molecule has 0 saturated carbocycles. The molecule has 0 aromatic rings. The maximum absolute atomic E-state index is 12.2. The summed E-state index contributed by atoms with van der Waals surface area (Å²) in [5.74, 6) is 1.44. The Morgan fingerprint density at radius 3 is 1.65 bits per heavy atom. The Hall–Kier alpha value is -1.10. The van der Waals surface area contributed by atoms with Crippen LogP contribution >= 0.6 is 0 Å². The quantitative estimate of drug-likeness (QED) is 0.797. The van der Waals surface area contributed by atoms with Crippen LogP contribution in [-0.4, -0.2) is 61.0 Å². The Kier molecular flexibility index (Phi) is 7.34. The van der Waals surface area contributed by atoms with Crippen LogP contribution in [0.25, 0.3) is 0 Å². The van der Waals surface area contributed by atoms with Gasteiger partial charge in [0.25, 0.3) is 0 Å². The molecular weight excluding hydrogens is 292 g/mol. The molecule has 2 aliphatic heterocycles. The maximum Gasteiger partial charge on any atom is 0.248 e. The molecule has 2 saturated heterocycles. The van der Waals surface area contributed by atoms with Crippen molar-refractivity contribution in [2.75, 3.05) is 39.4 Å². The monoisotopic (exact) mass is 324 g/mol. The highest BCUT2D eigenvalue weighted by Crippen LogP contribution is 2.17. The van der Waals surface area contributed by atoms with Crippen molar-refractivity contribution in [3.05, 3.63) is 0 Å². The van der Waals surface area contributed by atoms with Gasteiger partial charge < -0.3 is 14.5 Å². The van der Waals surface area contributed by atoms with Crippen LogP contribution in [0.3, 0.4) is 0 Å². The highest BCUT2D eigenvalue weighted by atomic mass is 16.5. The van der Waals surface area contributed by atoms with E-state index in [9.17, 15) is 9.59 Å². The lowest BCUT2D eigenvalue weighted by atomic mass is 10.0. The van der Waals surface area contributed by atoms with E-state index in [2.05, 4.69) is 13.8 Å². The van der Waals surface area contributed by atoms with E-state index in [1.807, 2.05) is 9.80 Å². The summed E-state index contributed by atoms with van der Waals surface area (Å²) in [6, 6.07) is 0. The van der Waals surface area contributed by atoms with Gasteiger partial charge in [-0.3, -0.25) is 9.59 Å². The highest BCUT2D eigenvalue weighted by molar-refractivity contribution is 5.79. The van der Waals surface area contributed by atoms with Gasteiger partial charge in [-0.15, -0.1) is 0 Å². The Labute approximate surface area is 140 Å². The molecule has 5 nitrogen and oxygen atoms in total. The molecule has 2 fully saturated rings. The molecule has 0 aliphatic carbocycles. The summed E-state index contributed by atoms with van der Waals surface area (Å²) in [7, 11) is 0. The minimum absolute atomic E-state index is 0.0244. The largest absolute Gasteiger partial charge is 0.362 e. The number of ether oxygens (including phenoxy) is 1. The summed E-state index contributed by atoms with van der Waals surface area (Å²) >= 11 is 0. The van der Waals surface area contributed by atoms with Crippen molar-refractivity contribution in [3.8, 4) is 0 Å². The summed E-state index contributed by atoms with van der Waals surface area (Å²) in [4.78, 5) is 28.2. The van der Waals surface area contributed by atoms with Gasteiger partial charge in [0.15, 0.2) is 0 Å². The van der Waals surface area contributed by atoms with E-state index in [0.717, 1.165) is 51.9 Å². The van der Waals surface area contributed by atoms with Crippen molar-refractivity contribution >= 4 is 11.8 Å². The zero-order chi connectivity index (χ0) is 16.7. The lowest BCUT2D eigenvalue weighted by molar-refractivity contribution is -0.142. The fraction of sp³-hybridized carbons (Fsp3) is 0.889. The topological polar surface area (TPSA) is 49.9 Å². The van der Waals surface area contributed by atoms with Gasteiger partial charge in [-0.2, -0.15) is 0 Å². The average Bonchev–Trinajstić information content (AvgIpc) is 2.87. The Morgan fingerprint density at radius 1 is 0.783 bits per heavy atom. The van der Waals surface area contributed by atoms with Crippen molar-refractivity contribution in [2.24, 2.45) is 11.8 Å². The first kappa shape index (κ1) is 18.2. The number of carbonyl (C=O) groups is 2. The van der Waals surface area contributed by atoms with Gasteiger partial charge in [0, 0.05) is 26.2 Å². The fourth-order valence-electron chi connectivity index (χ4n) is 3.43. The van der Waals surface area contributed by atoms with Crippen LogP contribution in [0.1, 0.15) is 52.4 Å². The van der Waals surface area contributed by atoms with Crippen LogP contribution in [0.5, 0.6) is 0 Å². The van der Waals surface area contributed by atoms with Crippen molar-refractivity contribution < 1.29 is 14.3 Å². The maximum atomic E-state index is 12.2. The molecule has 0 aromatic heterocycles. The van der Waals surface area contributed by atoms with Crippen LogP contribution in [0.2, 0.25) is 0 Å². The average molecular weight is 324 g/mol. The van der Waals surface area contributed by atoms with Gasteiger partial charge in [0.1, 0.15) is 13.2 Å². The van der Waals surface area contributed by atoms with Crippen molar-refractivity contribution in [2.45, 2.75) is 52.4 Å². The third kappa shape index (κ3) is 6.13. The van der Waals surface area contributed by atoms with Crippen molar-refractivity contribution in [3.63, 3.8) is 0 Å². The Bertz CT molecular complexity index is 364. The first-order valence-electron chi connectivity index (χ1n) is 9.19. The van der Waals surface area contributed by atoms with Crippen molar-refractivity contribution in [1.82, 2.24) is 9.80 Å². The Balaban J connectivity index is 1.67. The number of carbonyl (C=O) groups excluding carboxylic acids is 2. The van der Waals surface area contributed by atoms with Gasteiger partial charge >= 0.3 is 0 Å². The van der Waals surface area contributed by atoms with E-state index in [4.69, 9.17) is 4.74 Å². The van der Waals surface area contributed by atoms with E-state index in [-0.39, 0.29) is 25.0 Å². The molecule has 2 aliphatic rings. The summed E-state index contributed by atoms with van der Waals surface area (Å²) in [6.07, 6.45) is 6.65. The summed E-state index contributed by atoms with van der Waals surface area (Å²) in [6.45, 7) is 7.84. The third-order valence-electron chi connectivity index (χ3n) is 5.19. The summed E-state index contributed by atoms with van der Waals surface area (Å²) in [5.41, 5.74) is 0. The molecule has 2 amide bonds. The standard InChI is InChI=1S/C18H32N2O3/c1-15-5-3-9-19(11-7-15)17(21)13-23-14-18(22)20-10-4-6-16(2)8-12-20/h15-16H,3-14H2,1-2H3/t15-,16+. The molecule has 132 valence electrons. The van der Waals surface area contributed by atoms with Crippen LogP contribution in [0.4, 0.5) is 0 Å². The number of rotatable bonds is 4. The van der Waals surface area contributed by atoms with Crippen LogP contribution in [-0.2, 0) is 14.3 Å². The van der Waals surface area contributed by atoms with Gasteiger partial charge in [-0.1, -0.05) is 13.8 Å². The second-order valence-electron chi connectivity index (χ2n) is 7.33.